The topological polar surface area (TPSA) is 53.2 Å². The van der Waals surface area contributed by atoms with E-state index in [0.717, 1.165) is 16.0 Å². The highest BCUT2D eigenvalue weighted by Crippen LogP contribution is 2.43. The maximum absolute atomic E-state index is 9.84. The lowest BCUT2D eigenvalue weighted by molar-refractivity contribution is 0.159. The number of nitriles is 1. The zero-order valence-electron chi connectivity index (χ0n) is 10.8. The molecule has 5 heteroatoms. The van der Waals surface area contributed by atoms with Crippen LogP contribution in [0.3, 0.4) is 0 Å². The second-order valence-corrected chi connectivity index (χ2v) is 5.87. The van der Waals surface area contributed by atoms with Gasteiger partial charge in [0.15, 0.2) is 0 Å². The SMILES string of the molecule is N#CC1=C(O)OC=C(c2cccs2)C1c1ccc(Cl)cc1. The summed E-state index contributed by atoms with van der Waals surface area (Å²) in [5.74, 6) is -0.711. The van der Waals surface area contributed by atoms with Gasteiger partial charge in [0.2, 0.25) is 0 Å². The van der Waals surface area contributed by atoms with Gasteiger partial charge in [0.25, 0.3) is 5.95 Å². The second kappa shape index (κ2) is 5.65. The summed E-state index contributed by atoms with van der Waals surface area (Å²) in [7, 11) is 0. The number of nitrogens with zero attached hydrogens (tertiary/aromatic N) is 1. The molecule has 0 spiro atoms. The molecule has 3 nitrogen and oxygen atoms in total. The molecule has 0 aliphatic carbocycles. The summed E-state index contributed by atoms with van der Waals surface area (Å²) in [5, 5.41) is 21.8. The Kier molecular flexibility index (Phi) is 3.70. The van der Waals surface area contributed by atoms with Crippen molar-refractivity contribution in [3.8, 4) is 6.07 Å². The first-order chi connectivity index (χ1) is 10.2. The van der Waals surface area contributed by atoms with Crippen LogP contribution in [0, 0.1) is 11.3 Å². The van der Waals surface area contributed by atoms with E-state index in [2.05, 4.69) is 0 Å². The first-order valence-corrected chi connectivity index (χ1v) is 7.45. The van der Waals surface area contributed by atoms with Crippen LogP contribution in [-0.4, -0.2) is 5.11 Å². The van der Waals surface area contributed by atoms with E-state index >= 15 is 0 Å². The number of hydrogen-bond donors (Lipinski definition) is 1. The number of aliphatic hydroxyl groups is 1. The van der Waals surface area contributed by atoms with Gasteiger partial charge in [-0.25, -0.2) is 0 Å². The second-order valence-electron chi connectivity index (χ2n) is 4.48. The molecular weight excluding hydrogens is 306 g/mol. The lowest BCUT2D eigenvalue weighted by Gasteiger charge is -2.23. The summed E-state index contributed by atoms with van der Waals surface area (Å²) in [6.45, 7) is 0. The summed E-state index contributed by atoms with van der Waals surface area (Å²) in [6.07, 6.45) is 1.50. The molecule has 1 aliphatic heterocycles. The van der Waals surface area contributed by atoms with Gasteiger partial charge in [0.05, 0.1) is 5.92 Å². The minimum atomic E-state index is -0.361. The quantitative estimate of drug-likeness (QED) is 0.862. The largest absolute Gasteiger partial charge is 0.480 e. The van der Waals surface area contributed by atoms with Crippen molar-refractivity contribution in [1.82, 2.24) is 0 Å². The number of hydrogen-bond acceptors (Lipinski definition) is 4. The number of aliphatic hydroxyl groups excluding tert-OH is 1. The van der Waals surface area contributed by atoms with Crippen molar-refractivity contribution in [2.75, 3.05) is 0 Å². The van der Waals surface area contributed by atoms with Crippen LogP contribution in [0.4, 0.5) is 0 Å². The minimum Gasteiger partial charge on any atom is -0.480 e. The van der Waals surface area contributed by atoms with Gasteiger partial charge in [-0.1, -0.05) is 29.8 Å². The summed E-state index contributed by atoms with van der Waals surface area (Å²) in [6, 6.07) is 13.2. The molecule has 0 amide bonds. The average molecular weight is 316 g/mol. The van der Waals surface area contributed by atoms with Crippen molar-refractivity contribution in [2.45, 2.75) is 5.92 Å². The highest BCUT2D eigenvalue weighted by atomic mass is 35.5. The van der Waals surface area contributed by atoms with E-state index in [-0.39, 0.29) is 17.4 Å². The smallest absolute Gasteiger partial charge is 0.296 e. The maximum atomic E-state index is 9.84. The number of ether oxygens (including phenoxy) is 1. The van der Waals surface area contributed by atoms with Gasteiger partial charge in [-0.2, -0.15) is 5.26 Å². The summed E-state index contributed by atoms with van der Waals surface area (Å²) in [5.41, 5.74) is 1.93. The van der Waals surface area contributed by atoms with E-state index < -0.39 is 0 Å². The van der Waals surface area contributed by atoms with Gasteiger partial charge >= 0.3 is 0 Å². The van der Waals surface area contributed by atoms with Gasteiger partial charge < -0.3 is 9.84 Å². The lowest BCUT2D eigenvalue weighted by atomic mass is 9.84. The highest BCUT2D eigenvalue weighted by molar-refractivity contribution is 7.11. The molecule has 0 fully saturated rings. The molecule has 1 atom stereocenters. The molecular formula is C16H10ClNO2S. The molecule has 2 heterocycles. The summed E-state index contributed by atoms with van der Waals surface area (Å²) < 4.78 is 5.12. The third kappa shape index (κ3) is 2.54. The van der Waals surface area contributed by atoms with Crippen molar-refractivity contribution < 1.29 is 9.84 Å². The standard InChI is InChI=1S/C16H10ClNO2S/c17-11-5-3-10(4-6-11)15-12(8-18)16(19)20-9-13(15)14-2-1-7-21-14/h1-7,9,15,19H. The highest BCUT2D eigenvalue weighted by Gasteiger charge is 2.31. The molecule has 21 heavy (non-hydrogen) atoms. The van der Waals surface area contributed by atoms with Crippen LogP contribution < -0.4 is 0 Å². The minimum absolute atomic E-state index is 0.197. The van der Waals surface area contributed by atoms with E-state index in [1.807, 2.05) is 35.7 Å². The first-order valence-electron chi connectivity index (χ1n) is 6.20. The first kappa shape index (κ1) is 13.7. The maximum Gasteiger partial charge on any atom is 0.296 e. The van der Waals surface area contributed by atoms with Gasteiger partial charge in [0, 0.05) is 15.5 Å². The van der Waals surface area contributed by atoms with Gasteiger partial charge in [-0.05, 0) is 29.1 Å². The van der Waals surface area contributed by atoms with Crippen molar-refractivity contribution >= 4 is 28.5 Å². The predicted molar refractivity (Wildman–Crippen MR) is 82.8 cm³/mol. The molecule has 1 unspecified atom stereocenters. The fourth-order valence-electron chi connectivity index (χ4n) is 2.29. The molecule has 2 aromatic rings. The summed E-state index contributed by atoms with van der Waals surface area (Å²) in [4.78, 5) is 0.996. The molecule has 104 valence electrons. The number of benzene rings is 1. The van der Waals surface area contributed by atoms with Crippen LogP contribution in [0.5, 0.6) is 0 Å². The zero-order valence-corrected chi connectivity index (χ0v) is 12.4. The molecule has 0 bridgehead atoms. The zero-order chi connectivity index (χ0) is 14.8. The van der Waals surface area contributed by atoms with Crippen LogP contribution in [0.15, 0.2) is 59.6 Å². The number of thiophene rings is 1. The molecule has 0 saturated heterocycles. The van der Waals surface area contributed by atoms with Crippen LogP contribution >= 0.6 is 22.9 Å². The molecule has 1 N–H and O–H groups in total. The van der Waals surface area contributed by atoms with Crippen molar-refractivity contribution in [3.63, 3.8) is 0 Å². The molecule has 3 rings (SSSR count). The molecule has 0 saturated carbocycles. The Morgan fingerprint density at radius 3 is 2.62 bits per heavy atom. The van der Waals surface area contributed by atoms with Crippen molar-refractivity contribution in [2.24, 2.45) is 0 Å². The van der Waals surface area contributed by atoms with E-state index in [9.17, 15) is 10.4 Å². The number of rotatable bonds is 2. The predicted octanol–water partition coefficient (Wildman–Crippen LogP) is 4.85. The van der Waals surface area contributed by atoms with Crippen LogP contribution in [-0.2, 0) is 4.74 Å². The van der Waals surface area contributed by atoms with Crippen LogP contribution in [0.1, 0.15) is 16.4 Å². The van der Waals surface area contributed by atoms with E-state index in [1.54, 1.807) is 23.5 Å². The van der Waals surface area contributed by atoms with E-state index in [1.165, 1.54) is 6.26 Å². The lowest BCUT2D eigenvalue weighted by Crippen LogP contribution is -2.12. The van der Waals surface area contributed by atoms with Crippen LogP contribution in [0.2, 0.25) is 5.02 Å². The van der Waals surface area contributed by atoms with Gasteiger partial charge in [-0.15, -0.1) is 11.3 Å². The van der Waals surface area contributed by atoms with Crippen LogP contribution in [0.25, 0.3) is 5.57 Å². The third-order valence-electron chi connectivity index (χ3n) is 3.26. The Bertz CT molecular complexity index is 755. The Hall–Kier alpha value is -2.22. The van der Waals surface area contributed by atoms with Gasteiger partial charge in [-0.3, -0.25) is 0 Å². The fourth-order valence-corrected chi connectivity index (χ4v) is 3.18. The van der Waals surface area contributed by atoms with Gasteiger partial charge in [0.1, 0.15) is 17.9 Å². The third-order valence-corrected chi connectivity index (χ3v) is 4.43. The normalized spacial score (nSPS) is 17.9. The van der Waals surface area contributed by atoms with E-state index in [4.69, 9.17) is 16.3 Å². The van der Waals surface area contributed by atoms with E-state index in [0.29, 0.717) is 5.02 Å². The average Bonchev–Trinajstić information content (AvgIpc) is 3.02. The molecule has 1 aliphatic rings. The fraction of sp³-hybridized carbons (Fsp3) is 0.0625. The Balaban J connectivity index is 2.13. The van der Waals surface area contributed by atoms with Crippen molar-refractivity contribution in [1.29, 1.82) is 5.26 Å². The summed E-state index contributed by atoms with van der Waals surface area (Å²) >= 11 is 7.48. The monoisotopic (exact) mass is 315 g/mol. The molecule has 0 radical (unpaired) electrons. The van der Waals surface area contributed by atoms with Crippen molar-refractivity contribution in [3.05, 3.63) is 75.0 Å². The number of allylic oxidation sites excluding steroid dienone is 2. The Labute approximate surface area is 131 Å². The molecule has 1 aromatic heterocycles. The Morgan fingerprint density at radius 2 is 2.00 bits per heavy atom. The molecule has 1 aromatic carbocycles. The Morgan fingerprint density at radius 1 is 1.24 bits per heavy atom. The number of halogens is 1.